The Hall–Kier alpha value is -1.96. The Morgan fingerprint density at radius 3 is 2.89 bits per heavy atom. The van der Waals surface area contributed by atoms with Crippen LogP contribution >= 0.6 is 11.3 Å². The van der Waals surface area contributed by atoms with E-state index in [9.17, 15) is 9.59 Å². The quantitative estimate of drug-likeness (QED) is 0.752. The Bertz CT molecular complexity index is 585. The molecule has 0 unspecified atom stereocenters. The zero-order valence-corrected chi connectivity index (χ0v) is 10.8. The highest BCUT2D eigenvalue weighted by molar-refractivity contribution is 7.12. The van der Waals surface area contributed by atoms with Gasteiger partial charge in [0.15, 0.2) is 0 Å². The van der Waals surface area contributed by atoms with Crippen molar-refractivity contribution in [2.75, 3.05) is 0 Å². The molecule has 96 valence electrons. The summed E-state index contributed by atoms with van der Waals surface area (Å²) in [5, 5.41) is 9.84. The summed E-state index contributed by atoms with van der Waals surface area (Å²) >= 11 is 1.36. The number of carbonyl (C=O) groups is 1. The topological polar surface area (TPSA) is 79.0 Å². The van der Waals surface area contributed by atoms with Gasteiger partial charge in [0.1, 0.15) is 11.5 Å². The lowest BCUT2D eigenvalue weighted by molar-refractivity contribution is -0.148. The molecule has 7 nitrogen and oxygen atoms in total. The third-order valence-corrected chi connectivity index (χ3v) is 2.84. The van der Waals surface area contributed by atoms with Crippen molar-refractivity contribution in [1.29, 1.82) is 0 Å². The van der Waals surface area contributed by atoms with E-state index < -0.39 is 11.7 Å². The molecule has 18 heavy (non-hydrogen) atoms. The van der Waals surface area contributed by atoms with Crippen molar-refractivity contribution < 1.29 is 9.53 Å². The average Bonchev–Trinajstić information content (AvgIpc) is 2.88. The SMILES string of the molecule is CC(C)OC(=O)Cn1nnn(-c2cccs2)c1=O. The molecule has 0 spiro atoms. The molecule has 2 aromatic rings. The predicted octanol–water partition coefficient (Wildman–Crippen LogP) is 0.442. The first-order valence-corrected chi connectivity index (χ1v) is 6.22. The summed E-state index contributed by atoms with van der Waals surface area (Å²) in [6, 6.07) is 3.55. The van der Waals surface area contributed by atoms with Gasteiger partial charge in [0.2, 0.25) is 0 Å². The molecule has 0 saturated heterocycles. The van der Waals surface area contributed by atoms with Crippen molar-refractivity contribution in [2.24, 2.45) is 0 Å². The highest BCUT2D eigenvalue weighted by atomic mass is 32.1. The summed E-state index contributed by atoms with van der Waals surface area (Å²) in [4.78, 5) is 23.3. The van der Waals surface area contributed by atoms with Crippen molar-refractivity contribution in [2.45, 2.75) is 26.5 Å². The Kier molecular flexibility index (Phi) is 3.56. The van der Waals surface area contributed by atoms with Crippen molar-refractivity contribution in [3.05, 3.63) is 28.0 Å². The van der Waals surface area contributed by atoms with E-state index in [2.05, 4.69) is 10.4 Å². The van der Waals surface area contributed by atoms with Gasteiger partial charge in [0, 0.05) is 0 Å². The van der Waals surface area contributed by atoms with Crippen LogP contribution in [0.1, 0.15) is 13.8 Å². The Morgan fingerprint density at radius 1 is 1.50 bits per heavy atom. The third-order valence-electron chi connectivity index (χ3n) is 2.00. The highest BCUT2D eigenvalue weighted by Gasteiger charge is 2.14. The maximum atomic E-state index is 11.9. The standard InChI is InChI=1S/C10H12N4O3S/c1-7(2)17-9(15)6-13-10(16)14(12-11-13)8-4-3-5-18-8/h3-5,7H,6H2,1-2H3. The number of ether oxygens (including phenoxy) is 1. The number of aromatic nitrogens is 4. The maximum absolute atomic E-state index is 11.9. The molecular weight excluding hydrogens is 256 g/mol. The fourth-order valence-corrected chi connectivity index (χ4v) is 1.99. The highest BCUT2D eigenvalue weighted by Crippen LogP contribution is 2.10. The van der Waals surface area contributed by atoms with Gasteiger partial charge in [-0.3, -0.25) is 4.79 Å². The van der Waals surface area contributed by atoms with Crippen LogP contribution in [0.5, 0.6) is 0 Å². The molecule has 0 amide bonds. The lowest BCUT2D eigenvalue weighted by atomic mass is 10.5. The molecule has 0 aromatic carbocycles. The van der Waals surface area contributed by atoms with Crippen molar-refractivity contribution in [3.8, 4) is 5.00 Å². The largest absolute Gasteiger partial charge is 0.462 e. The van der Waals surface area contributed by atoms with E-state index in [-0.39, 0.29) is 12.6 Å². The monoisotopic (exact) mass is 268 g/mol. The molecule has 2 aromatic heterocycles. The second kappa shape index (κ2) is 5.13. The molecule has 0 N–H and O–H groups in total. The number of hydrogen-bond donors (Lipinski definition) is 0. The third kappa shape index (κ3) is 2.65. The maximum Gasteiger partial charge on any atom is 0.369 e. The first-order valence-electron chi connectivity index (χ1n) is 5.34. The Morgan fingerprint density at radius 2 is 2.28 bits per heavy atom. The molecule has 8 heteroatoms. The van der Waals surface area contributed by atoms with Gasteiger partial charge in [-0.25, -0.2) is 4.79 Å². The van der Waals surface area contributed by atoms with E-state index in [1.165, 1.54) is 11.3 Å². The minimum atomic E-state index is -0.509. The van der Waals surface area contributed by atoms with Crippen LogP contribution in [-0.4, -0.2) is 31.9 Å². The van der Waals surface area contributed by atoms with Gasteiger partial charge in [-0.1, -0.05) is 0 Å². The van der Waals surface area contributed by atoms with Gasteiger partial charge in [0.05, 0.1) is 6.10 Å². The van der Waals surface area contributed by atoms with Gasteiger partial charge in [-0.2, -0.15) is 9.36 Å². The molecule has 0 aliphatic carbocycles. The van der Waals surface area contributed by atoms with Crippen LogP contribution in [0.2, 0.25) is 0 Å². The normalized spacial score (nSPS) is 10.8. The molecule has 0 atom stereocenters. The first-order chi connectivity index (χ1) is 8.58. The second-order valence-electron chi connectivity index (χ2n) is 3.82. The molecule has 2 rings (SSSR count). The molecule has 0 aliphatic heterocycles. The number of carbonyl (C=O) groups excluding carboxylic acids is 1. The lowest BCUT2D eigenvalue weighted by Gasteiger charge is -2.06. The van der Waals surface area contributed by atoms with E-state index in [0.717, 1.165) is 9.36 Å². The van der Waals surface area contributed by atoms with Gasteiger partial charge in [-0.15, -0.1) is 11.3 Å². The fourth-order valence-electron chi connectivity index (χ4n) is 1.32. The van der Waals surface area contributed by atoms with Crippen LogP contribution < -0.4 is 5.69 Å². The molecule has 2 heterocycles. The van der Waals surface area contributed by atoms with Gasteiger partial charge < -0.3 is 4.74 Å². The van der Waals surface area contributed by atoms with Crippen molar-refractivity contribution in [3.63, 3.8) is 0 Å². The molecule has 0 bridgehead atoms. The van der Waals surface area contributed by atoms with Gasteiger partial charge in [0.25, 0.3) is 0 Å². The number of nitrogens with zero attached hydrogens (tertiary/aromatic N) is 4. The number of rotatable bonds is 4. The molecular formula is C10H12N4O3S. The summed E-state index contributed by atoms with van der Waals surface area (Å²) in [5.74, 6) is -0.509. The minimum absolute atomic E-state index is 0.222. The number of esters is 1. The summed E-state index contributed by atoms with van der Waals surface area (Å²) < 4.78 is 7.06. The van der Waals surface area contributed by atoms with E-state index >= 15 is 0 Å². The minimum Gasteiger partial charge on any atom is -0.462 e. The van der Waals surface area contributed by atoms with Crippen LogP contribution in [0.15, 0.2) is 22.3 Å². The molecule has 0 saturated carbocycles. The number of thiophene rings is 1. The van der Waals surface area contributed by atoms with E-state index in [1.807, 2.05) is 5.38 Å². The zero-order valence-electron chi connectivity index (χ0n) is 9.94. The Labute approximate surface area is 107 Å². The van der Waals surface area contributed by atoms with Crippen LogP contribution in [0.4, 0.5) is 0 Å². The second-order valence-corrected chi connectivity index (χ2v) is 4.75. The van der Waals surface area contributed by atoms with Crippen molar-refractivity contribution in [1.82, 2.24) is 19.8 Å². The average molecular weight is 268 g/mol. The number of hydrogen-bond acceptors (Lipinski definition) is 6. The fraction of sp³-hybridized carbons (Fsp3) is 0.400. The van der Waals surface area contributed by atoms with Crippen LogP contribution in [0, 0.1) is 0 Å². The van der Waals surface area contributed by atoms with E-state index in [4.69, 9.17) is 4.74 Å². The predicted molar refractivity (Wildman–Crippen MR) is 64.7 cm³/mol. The van der Waals surface area contributed by atoms with E-state index in [1.54, 1.807) is 26.0 Å². The van der Waals surface area contributed by atoms with Crippen LogP contribution in [-0.2, 0) is 16.1 Å². The van der Waals surface area contributed by atoms with Gasteiger partial charge in [-0.05, 0) is 41.8 Å². The van der Waals surface area contributed by atoms with Crippen molar-refractivity contribution >= 4 is 17.3 Å². The molecule has 0 fully saturated rings. The summed E-state index contributed by atoms with van der Waals surface area (Å²) in [6.45, 7) is 3.24. The summed E-state index contributed by atoms with van der Waals surface area (Å²) in [7, 11) is 0. The Balaban J connectivity index is 2.17. The smallest absolute Gasteiger partial charge is 0.369 e. The number of tetrazole rings is 1. The lowest BCUT2D eigenvalue weighted by Crippen LogP contribution is -2.28. The van der Waals surface area contributed by atoms with E-state index in [0.29, 0.717) is 5.00 Å². The molecule has 0 radical (unpaired) electrons. The summed E-state index contributed by atoms with van der Waals surface area (Å²) in [5.41, 5.74) is -0.460. The van der Waals surface area contributed by atoms with Gasteiger partial charge >= 0.3 is 11.7 Å². The van der Waals surface area contributed by atoms with Crippen LogP contribution in [0.25, 0.3) is 5.00 Å². The van der Waals surface area contributed by atoms with Crippen LogP contribution in [0.3, 0.4) is 0 Å². The first kappa shape index (κ1) is 12.5. The zero-order chi connectivity index (χ0) is 13.1. The molecule has 0 aliphatic rings. The summed E-state index contributed by atoms with van der Waals surface area (Å²) in [6.07, 6.45) is -0.222.